The van der Waals surface area contributed by atoms with E-state index in [1.54, 1.807) is 24.3 Å². The summed E-state index contributed by atoms with van der Waals surface area (Å²) in [7, 11) is 0. The molecule has 0 unspecified atom stereocenters. The highest BCUT2D eigenvalue weighted by Crippen LogP contribution is 2.27. The van der Waals surface area contributed by atoms with Gasteiger partial charge >= 0.3 is 5.97 Å². The summed E-state index contributed by atoms with van der Waals surface area (Å²) in [5.41, 5.74) is -0.120. The fraction of sp³-hybridized carbons (Fsp3) is 0. The number of benzene rings is 2. The first-order chi connectivity index (χ1) is 9.47. The van der Waals surface area contributed by atoms with Gasteiger partial charge in [-0.25, -0.2) is 4.79 Å². The summed E-state index contributed by atoms with van der Waals surface area (Å²) in [6, 6.07) is 10.8. The number of carboxylic acid groups (broad SMARTS) is 1. The predicted octanol–water partition coefficient (Wildman–Crippen LogP) is 4.05. The van der Waals surface area contributed by atoms with E-state index >= 15 is 0 Å². The highest BCUT2D eigenvalue weighted by Gasteiger charge is 2.18. The summed E-state index contributed by atoms with van der Waals surface area (Å²) in [6.45, 7) is 0. The molecule has 0 aliphatic rings. The van der Waals surface area contributed by atoms with Crippen LogP contribution in [0.1, 0.15) is 10.4 Å². The van der Waals surface area contributed by atoms with E-state index in [1.165, 1.54) is 18.2 Å². The molecule has 0 bridgehead atoms. The lowest BCUT2D eigenvalue weighted by Gasteiger charge is -2.08. The van der Waals surface area contributed by atoms with Crippen molar-refractivity contribution in [3.8, 4) is 11.5 Å². The van der Waals surface area contributed by atoms with Crippen molar-refractivity contribution in [2.24, 2.45) is 0 Å². The van der Waals surface area contributed by atoms with E-state index in [0.717, 1.165) is 0 Å². The Balaban J connectivity index is 2.29. The summed E-state index contributed by atoms with van der Waals surface area (Å²) in [4.78, 5) is 22.2. The average molecular weight is 311 g/mol. The zero-order valence-corrected chi connectivity index (χ0v) is 11.5. The lowest BCUT2D eigenvalue weighted by molar-refractivity contribution is -0.131. The Morgan fingerprint density at radius 1 is 0.950 bits per heavy atom. The Morgan fingerprint density at radius 3 is 2.15 bits per heavy atom. The summed E-state index contributed by atoms with van der Waals surface area (Å²) >= 11 is 11.6. The van der Waals surface area contributed by atoms with Crippen LogP contribution in [0.4, 0.5) is 0 Å². The number of carbonyl (C=O) groups excluding carboxylic acids is 1. The van der Waals surface area contributed by atoms with Crippen LogP contribution in [0.3, 0.4) is 0 Å². The van der Waals surface area contributed by atoms with Gasteiger partial charge in [0.1, 0.15) is 11.5 Å². The molecular weight excluding hydrogens is 303 g/mol. The van der Waals surface area contributed by atoms with Crippen LogP contribution < -0.4 is 4.74 Å². The van der Waals surface area contributed by atoms with Crippen LogP contribution in [-0.4, -0.2) is 16.9 Å². The van der Waals surface area contributed by atoms with Crippen molar-refractivity contribution in [3.05, 3.63) is 58.1 Å². The first-order valence-electron chi connectivity index (χ1n) is 5.48. The SMILES string of the molecule is O=C(O)C(=O)c1cc(Oc2ccc(Cl)cc2)ccc1Cl. The number of ketones is 1. The molecule has 0 saturated carbocycles. The summed E-state index contributed by atoms with van der Waals surface area (Å²) in [5.74, 6) is -1.85. The quantitative estimate of drug-likeness (QED) is 0.683. The predicted molar refractivity (Wildman–Crippen MR) is 74.9 cm³/mol. The topological polar surface area (TPSA) is 63.6 Å². The molecule has 1 N–H and O–H groups in total. The number of halogens is 2. The molecule has 20 heavy (non-hydrogen) atoms. The van der Waals surface area contributed by atoms with Crippen LogP contribution in [0.25, 0.3) is 0 Å². The third-order valence-electron chi connectivity index (χ3n) is 2.43. The first-order valence-corrected chi connectivity index (χ1v) is 6.23. The van der Waals surface area contributed by atoms with Gasteiger partial charge in [-0.05, 0) is 42.5 Å². The maximum Gasteiger partial charge on any atom is 0.377 e. The average Bonchev–Trinajstić information content (AvgIpc) is 2.42. The minimum Gasteiger partial charge on any atom is -0.475 e. The van der Waals surface area contributed by atoms with E-state index in [-0.39, 0.29) is 10.6 Å². The zero-order valence-electron chi connectivity index (χ0n) is 9.97. The van der Waals surface area contributed by atoms with Crippen LogP contribution in [0, 0.1) is 0 Å². The van der Waals surface area contributed by atoms with Crippen molar-refractivity contribution in [1.82, 2.24) is 0 Å². The minimum absolute atomic E-state index is 0.0563. The van der Waals surface area contributed by atoms with Gasteiger partial charge in [-0.2, -0.15) is 0 Å². The molecule has 0 aliphatic heterocycles. The van der Waals surface area contributed by atoms with Crippen molar-refractivity contribution in [3.63, 3.8) is 0 Å². The van der Waals surface area contributed by atoms with E-state index in [1.807, 2.05) is 0 Å². The van der Waals surface area contributed by atoms with Gasteiger partial charge in [-0.3, -0.25) is 4.79 Å². The summed E-state index contributed by atoms with van der Waals surface area (Å²) < 4.78 is 5.50. The molecule has 6 heteroatoms. The van der Waals surface area contributed by atoms with Gasteiger partial charge < -0.3 is 9.84 Å². The fourth-order valence-electron chi connectivity index (χ4n) is 1.50. The van der Waals surface area contributed by atoms with Crippen molar-refractivity contribution < 1.29 is 19.4 Å². The Kier molecular flexibility index (Phi) is 4.27. The molecule has 0 amide bonds. The van der Waals surface area contributed by atoms with Gasteiger partial charge in [0.05, 0.1) is 10.6 Å². The number of ether oxygens (including phenoxy) is 1. The molecular formula is C14H8Cl2O4. The molecule has 2 aromatic carbocycles. The summed E-state index contributed by atoms with van der Waals surface area (Å²) in [6.07, 6.45) is 0. The lowest BCUT2D eigenvalue weighted by atomic mass is 10.1. The largest absolute Gasteiger partial charge is 0.475 e. The second-order valence-electron chi connectivity index (χ2n) is 3.83. The second kappa shape index (κ2) is 5.94. The zero-order chi connectivity index (χ0) is 14.7. The Hall–Kier alpha value is -2.04. The van der Waals surface area contributed by atoms with Crippen molar-refractivity contribution in [1.29, 1.82) is 0 Å². The van der Waals surface area contributed by atoms with Crippen LogP contribution in [-0.2, 0) is 4.79 Å². The number of hydrogen-bond donors (Lipinski definition) is 1. The molecule has 2 rings (SSSR count). The normalized spacial score (nSPS) is 10.1. The molecule has 102 valence electrons. The Labute approximate surface area is 124 Å². The van der Waals surface area contributed by atoms with Crippen LogP contribution in [0.15, 0.2) is 42.5 Å². The summed E-state index contributed by atoms with van der Waals surface area (Å²) in [5, 5.41) is 9.33. The molecule has 0 heterocycles. The van der Waals surface area contributed by atoms with Crippen LogP contribution in [0.2, 0.25) is 10.0 Å². The highest BCUT2D eigenvalue weighted by atomic mass is 35.5. The number of hydrogen-bond acceptors (Lipinski definition) is 3. The maximum atomic E-state index is 11.5. The van der Waals surface area contributed by atoms with Crippen molar-refractivity contribution >= 4 is 35.0 Å². The standard InChI is InChI=1S/C14H8Cl2O4/c15-8-1-3-9(4-2-8)20-10-5-6-12(16)11(7-10)13(17)14(18)19/h1-7H,(H,18,19). The molecule has 0 radical (unpaired) electrons. The number of aliphatic carboxylic acids is 1. The van der Waals surface area contributed by atoms with E-state index in [4.69, 9.17) is 33.0 Å². The second-order valence-corrected chi connectivity index (χ2v) is 4.68. The van der Waals surface area contributed by atoms with Crippen molar-refractivity contribution in [2.45, 2.75) is 0 Å². The van der Waals surface area contributed by atoms with E-state index in [0.29, 0.717) is 16.5 Å². The van der Waals surface area contributed by atoms with Crippen LogP contribution >= 0.6 is 23.2 Å². The van der Waals surface area contributed by atoms with E-state index in [9.17, 15) is 9.59 Å². The van der Waals surface area contributed by atoms with Crippen molar-refractivity contribution in [2.75, 3.05) is 0 Å². The van der Waals surface area contributed by atoms with E-state index in [2.05, 4.69) is 0 Å². The molecule has 0 fully saturated rings. The molecule has 0 aliphatic carbocycles. The smallest absolute Gasteiger partial charge is 0.377 e. The third-order valence-corrected chi connectivity index (χ3v) is 3.01. The van der Waals surface area contributed by atoms with Crippen LogP contribution in [0.5, 0.6) is 11.5 Å². The molecule has 0 atom stereocenters. The van der Waals surface area contributed by atoms with Gasteiger partial charge in [0.15, 0.2) is 0 Å². The van der Waals surface area contributed by atoms with Gasteiger partial charge in [-0.1, -0.05) is 23.2 Å². The van der Waals surface area contributed by atoms with Gasteiger partial charge in [0, 0.05) is 5.02 Å². The Bertz CT molecular complexity index is 665. The molecule has 0 aromatic heterocycles. The first kappa shape index (κ1) is 14.4. The Morgan fingerprint density at radius 2 is 1.55 bits per heavy atom. The monoisotopic (exact) mass is 310 g/mol. The third kappa shape index (κ3) is 3.29. The lowest BCUT2D eigenvalue weighted by Crippen LogP contribution is -2.13. The molecule has 0 saturated heterocycles. The molecule has 0 spiro atoms. The van der Waals surface area contributed by atoms with Gasteiger partial charge in [-0.15, -0.1) is 0 Å². The van der Waals surface area contributed by atoms with Gasteiger partial charge in [0.2, 0.25) is 0 Å². The fourth-order valence-corrected chi connectivity index (χ4v) is 1.83. The number of carbonyl (C=O) groups is 2. The number of carboxylic acids is 1. The molecule has 4 nitrogen and oxygen atoms in total. The number of rotatable bonds is 4. The highest BCUT2D eigenvalue weighted by molar-refractivity contribution is 6.45. The minimum atomic E-state index is -1.57. The van der Waals surface area contributed by atoms with Gasteiger partial charge in [0.25, 0.3) is 5.78 Å². The maximum absolute atomic E-state index is 11.5. The molecule has 2 aromatic rings. The van der Waals surface area contributed by atoms with E-state index < -0.39 is 11.8 Å². The number of Topliss-reactive ketones (excluding diaryl/α,β-unsaturated/α-hetero) is 1.